The van der Waals surface area contributed by atoms with E-state index < -0.39 is 5.79 Å². The summed E-state index contributed by atoms with van der Waals surface area (Å²) in [5, 5.41) is 15.9. The molecule has 0 atom stereocenters. The van der Waals surface area contributed by atoms with Gasteiger partial charge in [-0.2, -0.15) is 4.52 Å². The highest BCUT2D eigenvalue weighted by molar-refractivity contribution is 5.89. The number of nitrogens with one attached hydrogen (secondary N) is 1. The van der Waals surface area contributed by atoms with Crippen LogP contribution in [0.4, 0.5) is 11.6 Å². The van der Waals surface area contributed by atoms with Crippen LogP contribution in [-0.2, 0) is 20.7 Å². The third kappa shape index (κ3) is 3.83. The molecule has 3 aromatic heterocycles. The predicted molar refractivity (Wildman–Crippen MR) is 108 cm³/mol. The fourth-order valence-corrected chi connectivity index (χ4v) is 3.88. The molecule has 3 aromatic rings. The summed E-state index contributed by atoms with van der Waals surface area (Å²) in [5.41, 5.74) is 0.662. The molecule has 0 saturated carbocycles. The van der Waals surface area contributed by atoms with Gasteiger partial charge in [-0.25, -0.2) is 4.98 Å². The molecule has 30 heavy (non-hydrogen) atoms. The quantitative estimate of drug-likeness (QED) is 0.675. The average Bonchev–Trinajstić information content (AvgIpc) is 3.40. The number of fused-ring (bicyclic) bond motifs is 1. The first-order chi connectivity index (χ1) is 14.7. The Balaban J connectivity index is 1.25. The first-order valence-corrected chi connectivity index (χ1v) is 10.2. The van der Waals surface area contributed by atoms with E-state index >= 15 is 0 Å². The smallest absolute Gasteiger partial charge is 0.225 e. The summed E-state index contributed by atoms with van der Waals surface area (Å²) in [6, 6.07) is 9.24. The first-order valence-electron chi connectivity index (χ1n) is 10.2. The number of piperidine rings is 1. The molecule has 10 heteroatoms. The van der Waals surface area contributed by atoms with Gasteiger partial charge in [-0.1, -0.05) is 6.07 Å². The third-order valence-electron chi connectivity index (χ3n) is 5.48. The second kappa shape index (κ2) is 7.96. The van der Waals surface area contributed by atoms with Gasteiger partial charge in [0, 0.05) is 45.0 Å². The van der Waals surface area contributed by atoms with E-state index in [4.69, 9.17) is 14.6 Å². The van der Waals surface area contributed by atoms with E-state index in [-0.39, 0.29) is 12.3 Å². The maximum atomic E-state index is 12.2. The van der Waals surface area contributed by atoms with Crippen molar-refractivity contribution < 1.29 is 14.3 Å². The number of hydrogen-bond donors (Lipinski definition) is 1. The summed E-state index contributed by atoms with van der Waals surface area (Å²) >= 11 is 0. The molecule has 0 unspecified atom stereocenters. The number of hydrogen-bond acceptors (Lipinski definition) is 8. The van der Waals surface area contributed by atoms with Crippen molar-refractivity contribution in [2.45, 2.75) is 31.5 Å². The minimum atomic E-state index is -0.413. The van der Waals surface area contributed by atoms with E-state index in [0.717, 1.165) is 31.7 Å². The maximum absolute atomic E-state index is 12.2. The van der Waals surface area contributed by atoms with Crippen LogP contribution < -0.4 is 10.2 Å². The van der Waals surface area contributed by atoms with Crippen molar-refractivity contribution in [1.82, 2.24) is 24.8 Å². The Bertz CT molecular complexity index is 1020. The Kier molecular flexibility index (Phi) is 5.01. The van der Waals surface area contributed by atoms with Crippen LogP contribution in [0.3, 0.4) is 0 Å². The molecule has 1 amide bonds. The minimum absolute atomic E-state index is 0.125. The van der Waals surface area contributed by atoms with E-state index in [1.165, 1.54) is 0 Å². The standard InChI is InChI=1S/C20H23N7O3/c28-19(22-15-3-1-2-10-21-15)7-6-17-24-23-16-4-5-18(25-27(16)17)26-11-8-20(9-12-26)29-13-14-30-20/h1-5,10H,6-9,11-14H2,(H,21,22,28). The molecule has 1 N–H and O–H groups in total. The average molecular weight is 409 g/mol. The van der Waals surface area contributed by atoms with Crippen LogP contribution in [-0.4, -0.2) is 62.8 Å². The zero-order valence-corrected chi connectivity index (χ0v) is 16.5. The van der Waals surface area contributed by atoms with E-state index in [9.17, 15) is 4.79 Å². The number of anilines is 2. The van der Waals surface area contributed by atoms with Gasteiger partial charge in [-0.15, -0.1) is 15.3 Å². The number of aryl methyl sites for hydroxylation is 1. The van der Waals surface area contributed by atoms with Crippen LogP contribution in [0.15, 0.2) is 36.5 Å². The Morgan fingerprint density at radius 2 is 1.93 bits per heavy atom. The number of ether oxygens (including phenoxy) is 2. The highest BCUT2D eigenvalue weighted by Gasteiger charge is 2.40. The van der Waals surface area contributed by atoms with Crippen molar-refractivity contribution in [3.8, 4) is 0 Å². The van der Waals surface area contributed by atoms with Crippen molar-refractivity contribution in [2.24, 2.45) is 0 Å². The molecule has 5 rings (SSSR count). The van der Waals surface area contributed by atoms with Gasteiger partial charge in [-0.3, -0.25) is 4.79 Å². The summed E-state index contributed by atoms with van der Waals surface area (Å²) < 4.78 is 13.3. The third-order valence-corrected chi connectivity index (χ3v) is 5.48. The predicted octanol–water partition coefficient (Wildman–Crippen LogP) is 1.43. The molecule has 0 bridgehead atoms. The Morgan fingerprint density at radius 1 is 1.10 bits per heavy atom. The van der Waals surface area contributed by atoms with Gasteiger partial charge in [0.2, 0.25) is 5.91 Å². The Morgan fingerprint density at radius 3 is 2.70 bits per heavy atom. The van der Waals surface area contributed by atoms with Crippen molar-refractivity contribution in [3.63, 3.8) is 0 Å². The van der Waals surface area contributed by atoms with Crippen LogP contribution in [0.25, 0.3) is 5.65 Å². The zero-order valence-electron chi connectivity index (χ0n) is 16.5. The maximum Gasteiger partial charge on any atom is 0.225 e. The van der Waals surface area contributed by atoms with Gasteiger partial charge in [0.1, 0.15) is 11.6 Å². The monoisotopic (exact) mass is 409 g/mol. The van der Waals surface area contributed by atoms with E-state index in [1.807, 2.05) is 18.2 Å². The summed E-state index contributed by atoms with van der Waals surface area (Å²) in [4.78, 5) is 18.5. The molecular weight excluding hydrogens is 386 g/mol. The Labute approximate surface area is 173 Å². The summed E-state index contributed by atoms with van der Waals surface area (Å²) in [5.74, 6) is 1.50. The molecule has 1 spiro atoms. The molecule has 2 aliphatic rings. The number of aromatic nitrogens is 5. The van der Waals surface area contributed by atoms with Crippen LogP contribution in [0, 0.1) is 0 Å². The van der Waals surface area contributed by atoms with Crippen molar-refractivity contribution >= 4 is 23.2 Å². The normalized spacial score (nSPS) is 18.2. The van der Waals surface area contributed by atoms with Crippen molar-refractivity contribution in [3.05, 3.63) is 42.4 Å². The van der Waals surface area contributed by atoms with Gasteiger partial charge in [0.05, 0.1) is 13.2 Å². The van der Waals surface area contributed by atoms with E-state index in [0.29, 0.717) is 36.9 Å². The topological polar surface area (TPSA) is 107 Å². The zero-order chi connectivity index (χ0) is 20.4. The number of rotatable bonds is 5. The largest absolute Gasteiger partial charge is 0.355 e. The van der Waals surface area contributed by atoms with Crippen LogP contribution in [0.5, 0.6) is 0 Å². The molecule has 10 nitrogen and oxygen atoms in total. The number of carbonyl (C=O) groups is 1. The fraction of sp³-hybridized carbons (Fsp3) is 0.450. The molecule has 2 saturated heterocycles. The number of nitrogens with zero attached hydrogens (tertiary/aromatic N) is 6. The molecular formula is C20H23N7O3. The second-order valence-electron chi connectivity index (χ2n) is 7.44. The summed E-state index contributed by atoms with van der Waals surface area (Å²) in [6.45, 7) is 2.95. The highest BCUT2D eigenvalue weighted by Crippen LogP contribution is 2.32. The number of pyridine rings is 1. The lowest BCUT2D eigenvalue weighted by Gasteiger charge is -2.38. The summed E-state index contributed by atoms with van der Waals surface area (Å²) in [7, 11) is 0. The SMILES string of the molecule is O=C(CCc1nnc2ccc(N3CCC4(CC3)OCCO4)nn12)Nc1ccccn1. The van der Waals surface area contributed by atoms with Gasteiger partial charge in [0.15, 0.2) is 17.3 Å². The molecule has 0 aliphatic carbocycles. The number of carbonyl (C=O) groups excluding carboxylic acids is 1. The van der Waals surface area contributed by atoms with Crippen LogP contribution >= 0.6 is 0 Å². The minimum Gasteiger partial charge on any atom is -0.355 e. The lowest BCUT2D eigenvalue weighted by atomic mass is 10.0. The fourth-order valence-electron chi connectivity index (χ4n) is 3.88. The van der Waals surface area contributed by atoms with Crippen LogP contribution in [0.1, 0.15) is 25.1 Å². The van der Waals surface area contributed by atoms with E-state index in [2.05, 4.69) is 25.4 Å². The van der Waals surface area contributed by atoms with Crippen LogP contribution in [0.2, 0.25) is 0 Å². The first kappa shape index (κ1) is 18.9. The van der Waals surface area contributed by atoms with Gasteiger partial charge in [-0.05, 0) is 24.3 Å². The molecule has 0 radical (unpaired) electrons. The van der Waals surface area contributed by atoms with Crippen molar-refractivity contribution in [2.75, 3.05) is 36.5 Å². The Hall–Kier alpha value is -3.11. The second-order valence-corrected chi connectivity index (χ2v) is 7.44. The number of amides is 1. The molecule has 5 heterocycles. The lowest BCUT2D eigenvalue weighted by Crippen LogP contribution is -2.45. The van der Waals surface area contributed by atoms with Gasteiger partial charge in [0.25, 0.3) is 0 Å². The summed E-state index contributed by atoms with van der Waals surface area (Å²) in [6.07, 6.45) is 3.97. The van der Waals surface area contributed by atoms with Crippen molar-refractivity contribution in [1.29, 1.82) is 0 Å². The highest BCUT2D eigenvalue weighted by atomic mass is 16.7. The molecule has 156 valence electrons. The molecule has 0 aromatic carbocycles. The van der Waals surface area contributed by atoms with Gasteiger partial charge < -0.3 is 19.7 Å². The molecule has 2 aliphatic heterocycles. The molecule has 2 fully saturated rings. The lowest BCUT2D eigenvalue weighted by molar-refractivity contribution is -0.169. The van der Waals surface area contributed by atoms with E-state index in [1.54, 1.807) is 22.8 Å². The van der Waals surface area contributed by atoms with Gasteiger partial charge >= 0.3 is 0 Å².